The van der Waals surface area contributed by atoms with Crippen molar-refractivity contribution >= 4 is 28.2 Å². The number of fused-ring (bicyclic) bond motifs is 1. The van der Waals surface area contributed by atoms with Gasteiger partial charge in [-0.15, -0.1) is 6.58 Å². The highest BCUT2D eigenvalue weighted by atomic mass is 35.5. The molecule has 0 aliphatic heterocycles. The van der Waals surface area contributed by atoms with Gasteiger partial charge in [0.25, 0.3) is 0 Å². The van der Waals surface area contributed by atoms with Gasteiger partial charge in [-0.3, -0.25) is 9.88 Å². The van der Waals surface area contributed by atoms with Crippen LogP contribution in [0.5, 0.6) is 0 Å². The SMILES string of the molecule is C=CCN(CC)CCCC(C)Nc1ccnc2cc(Cl)ccc12. The Morgan fingerprint density at radius 1 is 1.39 bits per heavy atom. The summed E-state index contributed by atoms with van der Waals surface area (Å²) in [6.45, 7) is 11.4. The van der Waals surface area contributed by atoms with E-state index in [9.17, 15) is 0 Å². The lowest BCUT2D eigenvalue weighted by Crippen LogP contribution is -2.26. The number of pyridine rings is 1. The number of halogens is 1. The molecule has 1 heterocycles. The second kappa shape index (κ2) is 8.90. The fourth-order valence-corrected chi connectivity index (χ4v) is 2.93. The predicted octanol–water partition coefficient (Wildman–Crippen LogP) is 4.98. The summed E-state index contributed by atoms with van der Waals surface area (Å²) < 4.78 is 0. The van der Waals surface area contributed by atoms with E-state index in [1.165, 1.54) is 6.42 Å². The van der Waals surface area contributed by atoms with Crippen molar-refractivity contribution in [3.05, 3.63) is 48.1 Å². The second-order valence-electron chi connectivity index (χ2n) is 5.89. The van der Waals surface area contributed by atoms with Gasteiger partial charge in [0, 0.05) is 34.9 Å². The smallest absolute Gasteiger partial charge is 0.0737 e. The lowest BCUT2D eigenvalue weighted by atomic mass is 10.1. The molecule has 4 heteroatoms. The van der Waals surface area contributed by atoms with Crippen LogP contribution in [0.1, 0.15) is 26.7 Å². The van der Waals surface area contributed by atoms with Crippen LogP contribution in [-0.2, 0) is 0 Å². The van der Waals surface area contributed by atoms with E-state index in [2.05, 4.69) is 35.6 Å². The zero-order chi connectivity index (χ0) is 16.7. The average Bonchev–Trinajstić information content (AvgIpc) is 2.54. The third-order valence-corrected chi connectivity index (χ3v) is 4.29. The Balaban J connectivity index is 1.93. The minimum absolute atomic E-state index is 0.415. The molecule has 2 aromatic rings. The molecule has 1 N–H and O–H groups in total. The molecule has 0 spiro atoms. The predicted molar refractivity (Wildman–Crippen MR) is 101 cm³/mol. The van der Waals surface area contributed by atoms with Crippen molar-refractivity contribution < 1.29 is 0 Å². The summed E-state index contributed by atoms with van der Waals surface area (Å²) in [5, 5.41) is 5.44. The van der Waals surface area contributed by atoms with Crippen molar-refractivity contribution in [2.24, 2.45) is 0 Å². The number of hydrogen-bond donors (Lipinski definition) is 1. The summed E-state index contributed by atoms with van der Waals surface area (Å²) in [6, 6.07) is 8.29. The van der Waals surface area contributed by atoms with E-state index in [4.69, 9.17) is 11.6 Å². The normalized spacial score (nSPS) is 12.5. The maximum atomic E-state index is 6.04. The van der Waals surface area contributed by atoms with Crippen LogP contribution >= 0.6 is 11.6 Å². The number of rotatable bonds is 9. The molecular formula is C19H26ClN3. The van der Waals surface area contributed by atoms with Crippen molar-refractivity contribution in [1.29, 1.82) is 0 Å². The quantitative estimate of drug-likeness (QED) is 0.657. The van der Waals surface area contributed by atoms with Gasteiger partial charge in [-0.25, -0.2) is 0 Å². The van der Waals surface area contributed by atoms with E-state index in [-0.39, 0.29) is 0 Å². The molecule has 1 aromatic carbocycles. The highest BCUT2D eigenvalue weighted by molar-refractivity contribution is 6.31. The lowest BCUT2D eigenvalue weighted by molar-refractivity contribution is 0.309. The maximum absolute atomic E-state index is 6.04. The lowest BCUT2D eigenvalue weighted by Gasteiger charge is -2.21. The molecule has 1 aromatic heterocycles. The van der Waals surface area contributed by atoms with Gasteiger partial charge in [0.15, 0.2) is 0 Å². The first-order valence-electron chi connectivity index (χ1n) is 8.28. The molecule has 0 aliphatic carbocycles. The summed E-state index contributed by atoms with van der Waals surface area (Å²) in [7, 11) is 0. The van der Waals surface area contributed by atoms with Crippen molar-refractivity contribution in [1.82, 2.24) is 9.88 Å². The first kappa shape index (κ1) is 17.8. The molecule has 0 radical (unpaired) electrons. The highest BCUT2D eigenvalue weighted by Gasteiger charge is 2.07. The number of anilines is 1. The van der Waals surface area contributed by atoms with E-state index >= 15 is 0 Å². The zero-order valence-corrected chi connectivity index (χ0v) is 14.8. The van der Waals surface area contributed by atoms with Gasteiger partial charge in [0.1, 0.15) is 0 Å². The third kappa shape index (κ3) is 5.22. The summed E-state index contributed by atoms with van der Waals surface area (Å²) in [4.78, 5) is 6.79. The van der Waals surface area contributed by atoms with Gasteiger partial charge in [-0.1, -0.05) is 24.6 Å². The van der Waals surface area contributed by atoms with Crippen LogP contribution in [0.3, 0.4) is 0 Å². The molecule has 3 nitrogen and oxygen atoms in total. The topological polar surface area (TPSA) is 28.2 Å². The van der Waals surface area contributed by atoms with Gasteiger partial charge in [0.2, 0.25) is 0 Å². The summed E-state index contributed by atoms with van der Waals surface area (Å²) in [5.41, 5.74) is 2.05. The van der Waals surface area contributed by atoms with Gasteiger partial charge in [0.05, 0.1) is 5.52 Å². The Morgan fingerprint density at radius 2 is 2.22 bits per heavy atom. The van der Waals surface area contributed by atoms with E-state index < -0.39 is 0 Å². The van der Waals surface area contributed by atoms with Crippen molar-refractivity contribution in [3.8, 4) is 0 Å². The van der Waals surface area contributed by atoms with Crippen LogP contribution in [0.15, 0.2) is 43.1 Å². The molecule has 2 rings (SSSR count). The zero-order valence-electron chi connectivity index (χ0n) is 14.1. The number of aromatic nitrogens is 1. The fourth-order valence-electron chi connectivity index (χ4n) is 2.77. The van der Waals surface area contributed by atoms with Gasteiger partial charge in [-0.05, 0) is 57.1 Å². The van der Waals surface area contributed by atoms with E-state index in [0.717, 1.165) is 47.7 Å². The van der Waals surface area contributed by atoms with Crippen molar-refractivity contribution in [2.75, 3.05) is 25.0 Å². The molecule has 0 saturated heterocycles. The van der Waals surface area contributed by atoms with Crippen LogP contribution in [-0.4, -0.2) is 35.6 Å². The van der Waals surface area contributed by atoms with Crippen LogP contribution < -0.4 is 5.32 Å². The molecule has 0 aliphatic rings. The maximum Gasteiger partial charge on any atom is 0.0737 e. The number of likely N-dealkylation sites (N-methyl/N-ethyl adjacent to an activating group) is 1. The molecular weight excluding hydrogens is 306 g/mol. The molecule has 0 bridgehead atoms. The van der Waals surface area contributed by atoms with E-state index in [1.807, 2.05) is 36.5 Å². The molecule has 0 saturated carbocycles. The minimum Gasteiger partial charge on any atom is -0.382 e. The Morgan fingerprint density at radius 3 is 2.96 bits per heavy atom. The van der Waals surface area contributed by atoms with Gasteiger partial charge < -0.3 is 5.32 Å². The van der Waals surface area contributed by atoms with Crippen LogP contribution in [0, 0.1) is 0 Å². The van der Waals surface area contributed by atoms with Gasteiger partial charge >= 0.3 is 0 Å². The summed E-state index contributed by atoms with van der Waals surface area (Å²) in [6.07, 6.45) is 6.10. The fraction of sp³-hybridized carbons (Fsp3) is 0.421. The average molecular weight is 332 g/mol. The Kier molecular flexibility index (Phi) is 6.87. The Labute approximate surface area is 144 Å². The minimum atomic E-state index is 0.415. The molecule has 124 valence electrons. The van der Waals surface area contributed by atoms with Crippen LogP contribution in [0.2, 0.25) is 5.02 Å². The number of nitrogens with zero attached hydrogens (tertiary/aromatic N) is 2. The highest BCUT2D eigenvalue weighted by Crippen LogP contribution is 2.25. The number of hydrogen-bond acceptors (Lipinski definition) is 3. The first-order chi connectivity index (χ1) is 11.1. The molecule has 0 fully saturated rings. The standard InChI is InChI=1S/C19H26ClN3/c1-4-12-23(5-2)13-6-7-15(3)22-18-10-11-21-19-14-16(20)8-9-17(18)19/h4,8-11,14-15H,1,5-7,12-13H2,2-3H3,(H,21,22). The van der Waals surface area contributed by atoms with Crippen LogP contribution in [0.4, 0.5) is 5.69 Å². The molecule has 1 atom stereocenters. The monoisotopic (exact) mass is 331 g/mol. The second-order valence-corrected chi connectivity index (χ2v) is 6.33. The Hall–Kier alpha value is -1.58. The molecule has 1 unspecified atom stereocenters. The number of nitrogens with one attached hydrogen (secondary N) is 1. The molecule has 0 amide bonds. The van der Waals surface area contributed by atoms with Crippen LogP contribution in [0.25, 0.3) is 10.9 Å². The summed E-state index contributed by atoms with van der Waals surface area (Å²) >= 11 is 6.04. The van der Waals surface area contributed by atoms with E-state index in [1.54, 1.807) is 0 Å². The van der Waals surface area contributed by atoms with E-state index in [0.29, 0.717) is 6.04 Å². The first-order valence-corrected chi connectivity index (χ1v) is 8.66. The van der Waals surface area contributed by atoms with Gasteiger partial charge in [-0.2, -0.15) is 0 Å². The molecule has 23 heavy (non-hydrogen) atoms. The van der Waals surface area contributed by atoms with Crippen molar-refractivity contribution in [2.45, 2.75) is 32.7 Å². The third-order valence-electron chi connectivity index (χ3n) is 4.05. The largest absolute Gasteiger partial charge is 0.382 e. The van der Waals surface area contributed by atoms with Crippen molar-refractivity contribution in [3.63, 3.8) is 0 Å². The number of benzene rings is 1. The Bertz CT molecular complexity index is 642. The summed E-state index contributed by atoms with van der Waals surface area (Å²) in [5.74, 6) is 0.